The second kappa shape index (κ2) is 9.36. The molecule has 1 aliphatic rings. The van der Waals surface area contributed by atoms with E-state index < -0.39 is 0 Å². The smallest absolute Gasteiger partial charge is 0.227 e. The minimum Gasteiger partial charge on any atom is -0.497 e. The molecular weight excluding hydrogens is 414 g/mol. The van der Waals surface area contributed by atoms with Gasteiger partial charge in [0.1, 0.15) is 17.3 Å². The van der Waals surface area contributed by atoms with Crippen LogP contribution in [0.25, 0.3) is 11.0 Å². The molecule has 1 fully saturated rings. The van der Waals surface area contributed by atoms with Gasteiger partial charge in [0.05, 0.1) is 24.8 Å². The average Bonchev–Trinajstić information content (AvgIpc) is 3.43. The Morgan fingerprint density at radius 1 is 0.939 bits per heavy atom. The third kappa shape index (κ3) is 4.42. The fourth-order valence-corrected chi connectivity index (χ4v) is 4.46. The lowest BCUT2D eigenvalue weighted by atomic mass is 10.1. The summed E-state index contributed by atoms with van der Waals surface area (Å²) in [6.07, 6.45) is 1.31. The molecule has 6 nitrogen and oxygen atoms in total. The van der Waals surface area contributed by atoms with Gasteiger partial charge < -0.3 is 18.9 Å². The molecule has 33 heavy (non-hydrogen) atoms. The molecule has 0 spiro atoms. The van der Waals surface area contributed by atoms with Gasteiger partial charge in [-0.25, -0.2) is 4.98 Å². The Morgan fingerprint density at radius 3 is 2.48 bits per heavy atom. The van der Waals surface area contributed by atoms with Gasteiger partial charge >= 0.3 is 0 Å². The van der Waals surface area contributed by atoms with E-state index in [1.807, 2.05) is 77.7 Å². The highest BCUT2D eigenvalue weighted by atomic mass is 16.5. The Kier molecular flexibility index (Phi) is 5.98. The van der Waals surface area contributed by atoms with Crippen molar-refractivity contribution in [2.24, 2.45) is 0 Å². The molecule has 1 atom stereocenters. The lowest BCUT2D eigenvalue weighted by molar-refractivity contribution is -0.117. The van der Waals surface area contributed by atoms with Crippen molar-refractivity contribution in [3.8, 4) is 11.5 Å². The van der Waals surface area contributed by atoms with Crippen LogP contribution in [-0.4, -0.2) is 35.7 Å². The van der Waals surface area contributed by atoms with Crippen LogP contribution < -0.4 is 14.4 Å². The van der Waals surface area contributed by atoms with Gasteiger partial charge in [-0.1, -0.05) is 30.3 Å². The number of amides is 1. The van der Waals surface area contributed by atoms with Crippen LogP contribution in [0.2, 0.25) is 0 Å². The third-order valence-corrected chi connectivity index (χ3v) is 6.10. The number of para-hydroxylation sites is 3. The predicted molar refractivity (Wildman–Crippen MR) is 129 cm³/mol. The summed E-state index contributed by atoms with van der Waals surface area (Å²) in [4.78, 5) is 19.7. The number of carbonyl (C=O) groups is 1. The molecule has 1 unspecified atom stereocenters. The molecule has 0 saturated carbocycles. The molecule has 2 heterocycles. The van der Waals surface area contributed by atoms with Crippen molar-refractivity contribution in [2.45, 2.75) is 25.3 Å². The zero-order valence-electron chi connectivity index (χ0n) is 18.7. The van der Waals surface area contributed by atoms with Crippen molar-refractivity contribution in [2.75, 3.05) is 25.2 Å². The molecule has 168 valence electrons. The topological polar surface area (TPSA) is 56.6 Å². The van der Waals surface area contributed by atoms with Crippen LogP contribution in [0.4, 0.5) is 5.69 Å². The second-order valence-corrected chi connectivity index (χ2v) is 8.23. The van der Waals surface area contributed by atoms with E-state index in [0.717, 1.165) is 47.0 Å². The summed E-state index contributed by atoms with van der Waals surface area (Å²) in [7, 11) is 1.64. The number of anilines is 1. The predicted octanol–water partition coefficient (Wildman–Crippen LogP) is 5.03. The number of hydrogen-bond donors (Lipinski definition) is 0. The van der Waals surface area contributed by atoms with E-state index in [-0.39, 0.29) is 11.8 Å². The molecule has 1 saturated heterocycles. The van der Waals surface area contributed by atoms with E-state index in [9.17, 15) is 4.79 Å². The first-order valence-electron chi connectivity index (χ1n) is 11.3. The molecule has 6 heteroatoms. The number of rotatable bonds is 8. The number of aryl methyl sites for hydroxylation is 1. The number of fused-ring (bicyclic) bond motifs is 1. The number of carbonyl (C=O) groups excluding carboxylic acids is 1. The van der Waals surface area contributed by atoms with E-state index >= 15 is 0 Å². The summed E-state index contributed by atoms with van der Waals surface area (Å²) >= 11 is 0. The van der Waals surface area contributed by atoms with Crippen LogP contribution in [0.15, 0.2) is 78.9 Å². The molecule has 0 N–H and O–H groups in total. The highest BCUT2D eigenvalue weighted by Gasteiger charge is 2.34. The van der Waals surface area contributed by atoms with E-state index in [1.54, 1.807) is 7.11 Å². The van der Waals surface area contributed by atoms with Gasteiger partial charge in [-0.2, -0.15) is 0 Å². The van der Waals surface area contributed by atoms with Crippen molar-refractivity contribution in [3.05, 3.63) is 84.7 Å². The Labute approximate surface area is 193 Å². The second-order valence-electron chi connectivity index (χ2n) is 8.23. The van der Waals surface area contributed by atoms with E-state index in [1.165, 1.54) is 0 Å². The normalized spacial score (nSPS) is 15.8. The maximum Gasteiger partial charge on any atom is 0.227 e. The van der Waals surface area contributed by atoms with Crippen LogP contribution in [0.1, 0.15) is 24.6 Å². The zero-order valence-corrected chi connectivity index (χ0v) is 18.7. The number of imidazole rings is 1. The Balaban J connectivity index is 1.34. The quantitative estimate of drug-likeness (QED) is 0.360. The first-order valence-corrected chi connectivity index (χ1v) is 11.3. The number of benzene rings is 3. The molecule has 1 amide bonds. The van der Waals surface area contributed by atoms with Crippen molar-refractivity contribution in [3.63, 3.8) is 0 Å². The molecule has 5 rings (SSSR count). The molecule has 1 aromatic heterocycles. The maximum absolute atomic E-state index is 12.9. The van der Waals surface area contributed by atoms with Crippen LogP contribution in [0.5, 0.6) is 11.5 Å². The van der Waals surface area contributed by atoms with Crippen LogP contribution in [0, 0.1) is 0 Å². The lowest BCUT2D eigenvalue weighted by Crippen LogP contribution is -2.24. The van der Waals surface area contributed by atoms with Crippen LogP contribution >= 0.6 is 0 Å². The lowest BCUT2D eigenvalue weighted by Gasteiger charge is -2.18. The number of nitrogens with zero attached hydrogens (tertiary/aromatic N) is 3. The monoisotopic (exact) mass is 441 g/mol. The molecule has 0 aliphatic carbocycles. The van der Waals surface area contributed by atoms with E-state index in [2.05, 4.69) is 10.6 Å². The highest BCUT2D eigenvalue weighted by Crippen LogP contribution is 2.34. The van der Waals surface area contributed by atoms with Gasteiger partial charge in [-0.3, -0.25) is 4.79 Å². The van der Waals surface area contributed by atoms with Crippen LogP contribution in [0.3, 0.4) is 0 Å². The van der Waals surface area contributed by atoms with Crippen molar-refractivity contribution in [1.82, 2.24) is 9.55 Å². The minimum absolute atomic E-state index is 0.0436. The summed E-state index contributed by atoms with van der Waals surface area (Å²) in [6, 6.07) is 25.7. The Morgan fingerprint density at radius 2 is 1.70 bits per heavy atom. The molecule has 1 aliphatic heterocycles. The SMILES string of the molecule is COc1ccc(N2CC(c3nc4ccccc4n3CCCOc3ccccc3)CC2=O)cc1. The Bertz CT molecular complexity index is 1230. The fraction of sp³-hybridized carbons (Fsp3) is 0.259. The summed E-state index contributed by atoms with van der Waals surface area (Å²) in [5, 5.41) is 0. The first-order chi connectivity index (χ1) is 16.2. The molecule has 3 aromatic carbocycles. The van der Waals surface area contributed by atoms with Crippen molar-refractivity contribution < 1.29 is 14.3 Å². The molecule has 0 bridgehead atoms. The number of methoxy groups -OCH3 is 1. The summed E-state index contributed by atoms with van der Waals surface area (Å²) < 4.78 is 13.4. The third-order valence-electron chi connectivity index (χ3n) is 6.10. The number of aromatic nitrogens is 2. The molecule has 4 aromatic rings. The maximum atomic E-state index is 12.9. The largest absolute Gasteiger partial charge is 0.497 e. The first kappa shape index (κ1) is 21.1. The minimum atomic E-state index is 0.0436. The van der Waals surface area contributed by atoms with Gasteiger partial charge in [-0.15, -0.1) is 0 Å². The number of hydrogen-bond acceptors (Lipinski definition) is 4. The van der Waals surface area contributed by atoms with Gasteiger partial charge in [0, 0.05) is 31.1 Å². The Hall–Kier alpha value is -3.80. The van der Waals surface area contributed by atoms with Crippen LogP contribution in [-0.2, 0) is 11.3 Å². The molecular formula is C27H27N3O3. The average molecular weight is 442 g/mol. The van der Waals surface area contributed by atoms with E-state index in [4.69, 9.17) is 14.5 Å². The van der Waals surface area contributed by atoms with Crippen molar-refractivity contribution >= 4 is 22.6 Å². The van der Waals surface area contributed by atoms with Gasteiger partial charge in [0.2, 0.25) is 5.91 Å². The molecule has 0 radical (unpaired) electrons. The van der Waals surface area contributed by atoms with Gasteiger partial charge in [0.15, 0.2) is 0 Å². The summed E-state index contributed by atoms with van der Waals surface area (Å²) in [5.41, 5.74) is 2.96. The van der Waals surface area contributed by atoms with E-state index in [0.29, 0.717) is 19.6 Å². The van der Waals surface area contributed by atoms with Gasteiger partial charge in [0.25, 0.3) is 0 Å². The standard InChI is InChI=1S/C27H27N3O3/c1-32-22-14-12-21(13-15-22)30-19-20(18-26(30)31)27-28-24-10-5-6-11-25(24)29(27)16-7-17-33-23-8-3-2-4-9-23/h2-6,8-15,20H,7,16-19H2,1H3. The van der Waals surface area contributed by atoms with Crippen molar-refractivity contribution in [1.29, 1.82) is 0 Å². The highest BCUT2D eigenvalue weighted by molar-refractivity contribution is 5.96. The number of ether oxygens (including phenoxy) is 2. The summed E-state index contributed by atoms with van der Waals surface area (Å²) in [6.45, 7) is 2.03. The van der Waals surface area contributed by atoms with Gasteiger partial charge in [-0.05, 0) is 55.0 Å². The zero-order chi connectivity index (χ0) is 22.6. The summed E-state index contributed by atoms with van der Waals surface area (Å²) in [5.74, 6) is 2.80. The fourth-order valence-electron chi connectivity index (χ4n) is 4.46.